The van der Waals surface area contributed by atoms with Crippen LogP contribution in [0.2, 0.25) is 0 Å². The van der Waals surface area contributed by atoms with Crippen LogP contribution in [0.5, 0.6) is 5.75 Å². The highest BCUT2D eigenvalue weighted by Crippen LogP contribution is 2.48. The van der Waals surface area contributed by atoms with Gasteiger partial charge in [0.25, 0.3) is 11.8 Å². The maximum atomic E-state index is 14.4. The van der Waals surface area contributed by atoms with Crippen molar-refractivity contribution in [3.05, 3.63) is 70.5 Å². The third kappa shape index (κ3) is 6.27. The van der Waals surface area contributed by atoms with Crippen molar-refractivity contribution < 1.29 is 22.7 Å². The van der Waals surface area contributed by atoms with Gasteiger partial charge in [0.05, 0.1) is 42.1 Å². The van der Waals surface area contributed by atoms with E-state index in [4.69, 9.17) is 4.74 Å². The molecule has 12 heteroatoms. The van der Waals surface area contributed by atoms with E-state index in [0.29, 0.717) is 49.5 Å². The molecule has 2 aliphatic heterocycles. The molecule has 280 valence electrons. The van der Waals surface area contributed by atoms with Crippen molar-refractivity contribution in [2.45, 2.75) is 95.0 Å². The molecule has 11 nitrogen and oxygen atoms in total. The van der Waals surface area contributed by atoms with E-state index in [1.807, 2.05) is 30.1 Å². The highest BCUT2D eigenvalue weighted by molar-refractivity contribution is 7.90. The SMILES string of the molecule is COc1ccc2c(c1)C=C(c1c(C(=O)N3CC(C)N(C)C(C)C3)cnn1C)Cn1c-2c(C2CCCCC2)c2ccc(C(=O)NS(=O)(=O)C3CCC3)cc21. The average molecular weight is 739 g/mol. The number of hydrogen-bond donors (Lipinski definition) is 1. The van der Waals surface area contributed by atoms with E-state index in [9.17, 15) is 18.0 Å². The smallest absolute Gasteiger partial charge is 0.264 e. The number of aromatic nitrogens is 3. The minimum absolute atomic E-state index is 0.0389. The van der Waals surface area contributed by atoms with Gasteiger partial charge in [-0.1, -0.05) is 31.7 Å². The molecule has 8 rings (SSSR count). The number of methoxy groups -OCH3 is 1. The maximum absolute atomic E-state index is 14.4. The summed E-state index contributed by atoms with van der Waals surface area (Å²) in [5.41, 5.74) is 7.75. The Labute approximate surface area is 312 Å². The van der Waals surface area contributed by atoms with Gasteiger partial charge in [0.1, 0.15) is 5.75 Å². The molecule has 0 radical (unpaired) electrons. The van der Waals surface area contributed by atoms with E-state index in [1.165, 1.54) is 12.0 Å². The van der Waals surface area contributed by atoms with Crippen LogP contribution in [0, 0.1) is 0 Å². The van der Waals surface area contributed by atoms with Crippen LogP contribution in [0.4, 0.5) is 0 Å². The number of carbonyl (C=O) groups is 2. The molecule has 4 heterocycles. The zero-order valence-electron chi connectivity index (χ0n) is 31.4. The number of piperazine rings is 1. The third-order valence-electron chi connectivity index (χ3n) is 12.4. The van der Waals surface area contributed by atoms with Crippen LogP contribution in [0.1, 0.15) is 109 Å². The Bertz CT molecular complexity index is 2230. The largest absolute Gasteiger partial charge is 0.497 e. The van der Waals surface area contributed by atoms with Crippen molar-refractivity contribution in [3.63, 3.8) is 0 Å². The second-order valence-electron chi connectivity index (χ2n) is 15.7. The van der Waals surface area contributed by atoms with Crippen LogP contribution < -0.4 is 9.46 Å². The van der Waals surface area contributed by atoms with Crippen molar-refractivity contribution in [3.8, 4) is 17.0 Å². The summed E-state index contributed by atoms with van der Waals surface area (Å²) in [7, 11) is 1.90. The van der Waals surface area contributed by atoms with Gasteiger partial charge in [-0.15, -0.1) is 0 Å². The van der Waals surface area contributed by atoms with Crippen LogP contribution in [0.25, 0.3) is 33.8 Å². The molecule has 2 atom stereocenters. The number of hydrogen-bond acceptors (Lipinski definition) is 7. The van der Waals surface area contributed by atoms with Gasteiger partial charge in [-0.05, 0) is 106 Å². The molecule has 2 aromatic heterocycles. The lowest BCUT2D eigenvalue weighted by molar-refractivity contribution is 0.0414. The number of nitrogens with zero attached hydrogens (tertiary/aromatic N) is 5. The maximum Gasteiger partial charge on any atom is 0.264 e. The van der Waals surface area contributed by atoms with Crippen LogP contribution in [-0.2, 0) is 23.6 Å². The van der Waals surface area contributed by atoms with Gasteiger partial charge in [-0.25, -0.2) is 13.1 Å². The van der Waals surface area contributed by atoms with Gasteiger partial charge in [-0.2, -0.15) is 5.10 Å². The molecule has 1 N–H and O–H groups in total. The molecule has 4 aromatic rings. The Morgan fingerprint density at radius 3 is 2.32 bits per heavy atom. The fraction of sp³-hybridized carbons (Fsp3) is 0.488. The van der Waals surface area contributed by atoms with E-state index in [0.717, 1.165) is 76.8 Å². The van der Waals surface area contributed by atoms with Crippen molar-refractivity contribution in [1.82, 2.24) is 28.9 Å². The molecule has 4 aliphatic rings. The van der Waals surface area contributed by atoms with Gasteiger partial charge < -0.3 is 14.2 Å². The number of aryl methyl sites for hydroxylation is 1. The van der Waals surface area contributed by atoms with Crippen LogP contribution >= 0.6 is 0 Å². The van der Waals surface area contributed by atoms with Crippen LogP contribution in [0.3, 0.4) is 0 Å². The summed E-state index contributed by atoms with van der Waals surface area (Å²) in [6.07, 6.45) is 11.5. The second-order valence-corrected chi connectivity index (χ2v) is 17.6. The Kier molecular flexibility index (Phi) is 9.25. The summed E-state index contributed by atoms with van der Waals surface area (Å²) in [5, 5.41) is 5.19. The Morgan fingerprint density at radius 2 is 1.64 bits per heavy atom. The monoisotopic (exact) mass is 738 g/mol. The summed E-state index contributed by atoms with van der Waals surface area (Å²) >= 11 is 0. The predicted molar refractivity (Wildman–Crippen MR) is 207 cm³/mol. The average Bonchev–Trinajstić information content (AvgIpc) is 3.60. The summed E-state index contributed by atoms with van der Waals surface area (Å²) in [6, 6.07) is 12.2. The number of fused-ring (bicyclic) bond motifs is 5. The van der Waals surface area contributed by atoms with E-state index >= 15 is 0 Å². The first kappa shape index (κ1) is 35.6. The lowest BCUT2D eigenvalue weighted by Gasteiger charge is -2.42. The molecule has 2 saturated carbocycles. The van der Waals surface area contributed by atoms with Crippen molar-refractivity contribution >= 4 is 44.4 Å². The molecule has 0 bridgehead atoms. The number of amides is 2. The number of carbonyl (C=O) groups excluding carboxylic acids is 2. The van der Waals surface area contributed by atoms with Crippen molar-refractivity contribution in [1.29, 1.82) is 0 Å². The first-order valence-corrected chi connectivity index (χ1v) is 20.6. The number of benzene rings is 2. The zero-order valence-corrected chi connectivity index (χ0v) is 32.2. The quantitative estimate of drug-likeness (QED) is 0.232. The summed E-state index contributed by atoms with van der Waals surface area (Å²) < 4.78 is 38.2. The van der Waals surface area contributed by atoms with Gasteiger partial charge in [0.2, 0.25) is 10.0 Å². The molecule has 53 heavy (non-hydrogen) atoms. The number of nitrogens with one attached hydrogen (secondary N) is 1. The van der Waals surface area contributed by atoms with Gasteiger partial charge >= 0.3 is 0 Å². The first-order valence-electron chi connectivity index (χ1n) is 19.1. The zero-order chi connectivity index (χ0) is 37.2. The van der Waals surface area contributed by atoms with Gasteiger partial charge in [0, 0.05) is 54.3 Å². The van der Waals surface area contributed by atoms with E-state index in [2.05, 4.69) is 58.4 Å². The number of allylic oxidation sites excluding steroid dienone is 1. The normalized spacial score (nSPS) is 21.4. The number of ether oxygens (including phenoxy) is 1. The molecule has 2 aromatic carbocycles. The van der Waals surface area contributed by atoms with Crippen molar-refractivity contribution in [2.75, 3.05) is 27.2 Å². The lowest BCUT2D eigenvalue weighted by atomic mass is 9.81. The van der Waals surface area contributed by atoms with E-state index in [1.54, 1.807) is 24.1 Å². The Morgan fingerprint density at radius 1 is 0.906 bits per heavy atom. The lowest BCUT2D eigenvalue weighted by Crippen LogP contribution is -2.56. The molecular formula is C41H50N6O5S. The topological polar surface area (TPSA) is 119 Å². The molecule has 1 saturated heterocycles. The fourth-order valence-electron chi connectivity index (χ4n) is 8.99. The molecule has 3 fully saturated rings. The minimum atomic E-state index is -3.76. The number of rotatable bonds is 7. The van der Waals surface area contributed by atoms with E-state index < -0.39 is 21.2 Å². The second kappa shape index (κ2) is 13.8. The third-order valence-corrected chi connectivity index (χ3v) is 14.2. The molecular weight excluding hydrogens is 689 g/mol. The fourth-order valence-corrected chi connectivity index (χ4v) is 10.5. The highest BCUT2D eigenvalue weighted by atomic mass is 32.2. The standard InChI is InChI=1S/C41H50N6O5S/c1-25-22-46(23-26(2)44(25)3)41(49)35-21-42-45(4)38(35)30-18-29-19-31(52-5)15-17-33(29)39-37(27-10-7-6-8-11-27)34-16-14-28(20-36(34)47(39)24-30)40(48)43-53(50,51)32-12-9-13-32/h14-21,25-27,32H,6-13,22-24H2,1-5H3,(H,43,48). The highest BCUT2D eigenvalue weighted by Gasteiger charge is 2.36. The molecule has 2 unspecified atom stereocenters. The summed E-state index contributed by atoms with van der Waals surface area (Å²) in [4.78, 5) is 32.3. The van der Waals surface area contributed by atoms with Gasteiger partial charge in [0.15, 0.2) is 0 Å². The summed E-state index contributed by atoms with van der Waals surface area (Å²) in [6.45, 7) is 5.98. The minimum Gasteiger partial charge on any atom is -0.497 e. The predicted octanol–water partition coefficient (Wildman–Crippen LogP) is 6.43. The van der Waals surface area contributed by atoms with E-state index in [-0.39, 0.29) is 18.0 Å². The van der Waals surface area contributed by atoms with Crippen molar-refractivity contribution in [2.24, 2.45) is 7.05 Å². The summed E-state index contributed by atoms with van der Waals surface area (Å²) in [5.74, 6) is 0.408. The molecule has 0 spiro atoms. The Balaban J connectivity index is 1.30. The van der Waals surface area contributed by atoms with Crippen LogP contribution in [-0.4, -0.2) is 89.0 Å². The number of likely N-dealkylation sites (N-methyl/N-ethyl adjacent to an activating group) is 1. The van der Waals surface area contributed by atoms with Gasteiger partial charge in [-0.3, -0.25) is 19.2 Å². The molecule has 2 aliphatic carbocycles. The first-order chi connectivity index (χ1) is 25.4. The van der Waals surface area contributed by atoms with Crippen LogP contribution in [0.15, 0.2) is 42.6 Å². The Hall–Kier alpha value is -4.42. The number of sulfonamides is 1. The molecule has 2 amide bonds.